The summed E-state index contributed by atoms with van der Waals surface area (Å²) in [5, 5.41) is 3.63. The van der Waals surface area contributed by atoms with Crippen molar-refractivity contribution >= 4 is 0 Å². The highest BCUT2D eigenvalue weighted by Crippen LogP contribution is 2.23. The van der Waals surface area contributed by atoms with Crippen molar-refractivity contribution in [2.45, 2.75) is 53.0 Å². The van der Waals surface area contributed by atoms with Crippen LogP contribution < -0.4 is 5.32 Å². The molecule has 1 aromatic rings. The first kappa shape index (κ1) is 13.3. The third-order valence-corrected chi connectivity index (χ3v) is 2.95. The second kappa shape index (κ2) is 6.09. The van der Waals surface area contributed by atoms with Crippen LogP contribution >= 0.6 is 0 Å². The Labute approximate surface area is 99.4 Å². The molecule has 2 heteroatoms. The van der Waals surface area contributed by atoms with Crippen LogP contribution in [0.4, 0.5) is 0 Å². The first-order valence-corrected chi connectivity index (χ1v) is 6.29. The van der Waals surface area contributed by atoms with Crippen LogP contribution in [0.25, 0.3) is 0 Å². The molecule has 0 amide bonds. The van der Waals surface area contributed by atoms with E-state index in [1.54, 1.807) is 6.26 Å². The van der Waals surface area contributed by atoms with Gasteiger partial charge in [0.1, 0.15) is 5.76 Å². The largest absolute Gasteiger partial charge is 0.469 e. The van der Waals surface area contributed by atoms with E-state index in [4.69, 9.17) is 4.42 Å². The van der Waals surface area contributed by atoms with Gasteiger partial charge in [-0.25, -0.2) is 0 Å². The van der Waals surface area contributed by atoms with Crippen molar-refractivity contribution in [2.75, 3.05) is 6.54 Å². The normalized spacial score (nSPS) is 14.0. The summed E-state index contributed by atoms with van der Waals surface area (Å²) in [6.07, 6.45) is 5.09. The Morgan fingerprint density at radius 1 is 1.38 bits per heavy atom. The van der Waals surface area contributed by atoms with Gasteiger partial charge in [0.2, 0.25) is 0 Å². The van der Waals surface area contributed by atoms with E-state index in [9.17, 15) is 0 Å². The molecule has 1 N–H and O–H groups in total. The molecular formula is C14H25NO. The highest BCUT2D eigenvalue weighted by atomic mass is 16.3. The highest BCUT2D eigenvalue weighted by Gasteiger charge is 2.23. The molecule has 92 valence electrons. The van der Waals surface area contributed by atoms with Crippen molar-refractivity contribution in [1.29, 1.82) is 0 Å². The van der Waals surface area contributed by atoms with Crippen molar-refractivity contribution in [3.63, 3.8) is 0 Å². The molecule has 0 aliphatic carbocycles. The maximum atomic E-state index is 5.37. The van der Waals surface area contributed by atoms with Crippen LogP contribution in [0.5, 0.6) is 0 Å². The van der Waals surface area contributed by atoms with Crippen molar-refractivity contribution in [2.24, 2.45) is 5.41 Å². The Kier molecular flexibility index (Phi) is 5.07. The summed E-state index contributed by atoms with van der Waals surface area (Å²) in [5.41, 5.74) is 0.307. The molecule has 0 spiro atoms. The zero-order valence-electron chi connectivity index (χ0n) is 11.0. The molecule has 1 heterocycles. The molecule has 0 aliphatic heterocycles. The van der Waals surface area contributed by atoms with Crippen molar-refractivity contribution in [1.82, 2.24) is 5.32 Å². The van der Waals surface area contributed by atoms with E-state index in [0.29, 0.717) is 11.5 Å². The smallest absolute Gasteiger partial charge is 0.103 e. The van der Waals surface area contributed by atoms with Gasteiger partial charge in [-0.3, -0.25) is 0 Å². The second-order valence-electron chi connectivity index (χ2n) is 5.49. The van der Waals surface area contributed by atoms with E-state index in [0.717, 1.165) is 25.1 Å². The molecule has 0 fully saturated rings. The standard InChI is InChI=1S/C14H25NO/c1-5-10-15-13(14(2,3)4)9-8-12-7-6-11-16-12/h6-7,11,13,15H,5,8-10H2,1-4H3. The molecule has 2 nitrogen and oxygen atoms in total. The van der Waals surface area contributed by atoms with Crippen LogP contribution in [-0.4, -0.2) is 12.6 Å². The van der Waals surface area contributed by atoms with Crippen LogP contribution in [0.3, 0.4) is 0 Å². The zero-order chi connectivity index (χ0) is 12.0. The summed E-state index contributed by atoms with van der Waals surface area (Å²) in [5.74, 6) is 1.09. The van der Waals surface area contributed by atoms with E-state index in [1.165, 1.54) is 6.42 Å². The Balaban J connectivity index is 2.44. The summed E-state index contributed by atoms with van der Waals surface area (Å²) in [6.45, 7) is 10.2. The summed E-state index contributed by atoms with van der Waals surface area (Å²) < 4.78 is 5.37. The number of furan rings is 1. The molecular weight excluding hydrogens is 198 g/mol. The topological polar surface area (TPSA) is 25.2 Å². The van der Waals surface area contributed by atoms with Gasteiger partial charge in [0, 0.05) is 12.5 Å². The van der Waals surface area contributed by atoms with E-state index in [-0.39, 0.29) is 0 Å². The van der Waals surface area contributed by atoms with E-state index in [1.807, 2.05) is 6.07 Å². The quantitative estimate of drug-likeness (QED) is 0.796. The van der Waals surface area contributed by atoms with Gasteiger partial charge >= 0.3 is 0 Å². The second-order valence-corrected chi connectivity index (χ2v) is 5.49. The molecule has 1 atom stereocenters. The van der Waals surface area contributed by atoms with E-state index in [2.05, 4.69) is 39.1 Å². The fourth-order valence-electron chi connectivity index (χ4n) is 1.90. The Hall–Kier alpha value is -0.760. The monoisotopic (exact) mass is 223 g/mol. The van der Waals surface area contributed by atoms with Gasteiger partial charge in [0.15, 0.2) is 0 Å². The minimum atomic E-state index is 0.307. The van der Waals surface area contributed by atoms with Crippen LogP contribution in [-0.2, 0) is 6.42 Å². The van der Waals surface area contributed by atoms with Gasteiger partial charge in [0.25, 0.3) is 0 Å². The highest BCUT2D eigenvalue weighted by molar-refractivity contribution is 4.99. The van der Waals surface area contributed by atoms with Crippen molar-refractivity contribution in [3.05, 3.63) is 24.2 Å². The third-order valence-electron chi connectivity index (χ3n) is 2.95. The van der Waals surface area contributed by atoms with E-state index >= 15 is 0 Å². The molecule has 0 aliphatic rings. The predicted octanol–water partition coefficient (Wildman–Crippen LogP) is 3.63. The maximum absolute atomic E-state index is 5.37. The summed E-state index contributed by atoms with van der Waals surface area (Å²) in [7, 11) is 0. The minimum Gasteiger partial charge on any atom is -0.469 e. The lowest BCUT2D eigenvalue weighted by molar-refractivity contribution is 0.251. The number of aryl methyl sites for hydroxylation is 1. The first-order valence-electron chi connectivity index (χ1n) is 6.29. The Bertz CT molecular complexity index is 271. The molecule has 1 aromatic heterocycles. The Morgan fingerprint density at radius 2 is 2.12 bits per heavy atom. The lowest BCUT2D eigenvalue weighted by atomic mass is 9.83. The zero-order valence-corrected chi connectivity index (χ0v) is 11.0. The van der Waals surface area contributed by atoms with Gasteiger partial charge in [0.05, 0.1) is 6.26 Å². The van der Waals surface area contributed by atoms with E-state index < -0.39 is 0 Å². The lowest BCUT2D eigenvalue weighted by Gasteiger charge is -2.31. The lowest BCUT2D eigenvalue weighted by Crippen LogP contribution is -2.41. The molecule has 1 rings (SSSR count). The van der Waals surface area contributed by atoms with Crippen molar-refractivity contribution < 1.29 is 4.42 Å². The van der Waals surface area contributed by atoms with Gasteiger partial charge in [-0.2, -0.15) is 0 Å². The third kappa shape index (κ3) is 4.40. The summed E-state index contributed by atoms with van der Waals surface area (Å²) >= 11 is 0. The molecule has 1 unspecified atom stereocenters. The number of hydrogen-bond donors (Lipinski definition) is 1. The number of rotatable bonds is 6. The average Bonchev–Trinajstić information content (AvgIpc) is 2.68. The van der Waals surface area contributed by atoms with Crippen molar-refractivity contribution in [3.8, 4) is 0 Å². The molecule has 0 radical (unpaired) electrons. The minimum absolute atomic E-state index is 0.307. The average molecular weight is 223 g/mol. The summed E-state index contributed by atoms with van der Waals surface area (Å²) in [6, 6.07) is 4.57. The predicted molar refractivity (Wildman–Crippen MR) is 68.6 cm³/mol. The molecule has 0 bridgehead atoms. The molecule has 0 aromatic carbocycles. The fourth-order valence-corrected chi connectivity index (χ4v) is 1.90. The Morgan fingerprint density at radius 3 is 2.62 bits per heavy atom. The van der Waals surface area contributed by atoms with Crippen LogP contribution in [0.1, 0.15) is 46.3 Å². The van der Waals surface area contributed by atoms with Gasteiger partial charge in [-0.15, -0.1) is 0 Å². The molecule has 0 saturated heterocycles. The van der Waals surface area contributed by atoms with Crippen LogP contribution in [0, 0.1) is 5.41 Å². The first-order chi connectivity index (χ1) is 7.54. The fraction of sp³-hybridized carbons (Fsp3) is 0.714. The van der Waals surface area contributed by atoms with Crippen LogP contribution in [0.15, 0.2) is 22.8 Å². The molecule has 16 heavy (non-hydrogen) atoms. The SMILES string of the molecule is CCCNC(CCc1ccco1)C(C)(C)C. The number of hydrogen-bond acceptors (Lipinski definition) is 2. The number of nitrogens with one attached hydrogen (secondary N) is 1. The molecule has 0 saturated carbocycles. The van der Waals surface area contributed by atoms with Crippen LogP contribution in [0.2, 0.25) is 0 Å². The van der Waals surface area contributed by atoms with Gasteiger partial charge in [-0.1, -0.05) is 27.7 Å². The van der Waals surface area contributed by atoms with Gasteiger partial charge < -0.3 is 9.73 Å². The maximum Gasteiger partial charge on any atom is 0.103 e. The van der Waals surface area contributed by atoms with Gasteiger partial charge in [-0.05, 0) is 36.9 Å². The summed E-state index contributed by atoms with van der Waals surface area (Å²) in [4.78, 5) is 0.